The third kappa shape index (κ3) is 4.25. The number of aryl methyl sites for hydroxylation is 1. The molecule has 1 amide bonds. The maximum absolute atomic E-state index is 12.4. The van der Waals surface area contributed by atoms with Gasteiger partial charge in [-0.25, -0.2) is 4.79 Å². The second-order valence-electron chi connectivity index (χ2n) is 6.19. The normalized spacial score (nSPS) is 10.7. The summed E-state index contributed by atoms with van der Waals surface area (Å²) in [7, 11) is 1.49. The van der Waals surface area contributed by atoms with Crippen LogP contribution in [0, 0.1) is 17.0 Å². The highest BCUT2D eigenvalue weighted by Crippen LogP contribution is 2.28. The summed E-state index contributed by atoms with van der Waals surface area (Å²) in [6.45, 7) is 1.12. The molecule has 0 radical (unpaired) electrons. The number of para-hydroxylation sites is 2. The molecule has 0 atom stereocenters. The lowest BCUT2D eigenvalue weighted by Gasteiger charge is -2.09. The highest BCUT2D eigenvalue weighted by atomic mass is 16.6. The molecule has 9 nitrogen and oxygen atoms in total. The highest BCUT2D eigenvalue weighted by molar-refractivity contribution is 5.99. The Morgan fingerprint density at radius 1 is 1.17 bits per heavy atom. The molecule has 0 aliphatic rings. The molecule has 9 heteroatoms. The van der Waals surface area contributed by atoms with E-state index in [4.69, 9.17) is 13.9 Å². The number of carbonyl (C=O) groups excluding carboxylic acids is 2. The van der Waals surface area contributed by atoms with Crippen LogP contribution >= 0.6 is 0 Å². The number of furan rings is 1. The van der Waals surface area contributed by atoms with Crippen molar-refractivity contribution < 1.29 is 28.4 Å². The van der Waals surface area contributed by atoms with Crippen molar-refractivity contribution in [3.63, 3.8) is 0 Å². The zero-order valence-corrected chi connectivity index (χ0v) is 15.8. The van der Waals surface area contributed by atoms with E-state index in [0.29, 0.717) is 22.1 Å². The minimum absolute atomic E-state index is 0.0530. The fourth-order valence-electron chi connectivity index (χ4n) is 2.89. The number of nitro groups is 1. The summed E-state index contributed by atoms with van der Waals surface area (Å²) < 4.78 is 15.7. The summed E-state index contributed by atoms with van der Waals surface area (Å²) >= 11 is 0. The summed E-state index contributed by atoms with van der Waals surface area (Å²) in [4.78, 5) is 35.2. The minimum atomic E-state index is -0.831. The van der Waals surface area contributed by atoms with Gasteiger partial charge in [-0.1, -0.05) is 30.3 Å². The maximum atomic E-state index is 12.4. The zero-order chi connectivity index (χ0) is 21.0. The molecule has 1 N–H and O–H groups in total. The highest BCUT2D eigenvalue weighted by Gasteiger charge is 2.23. The van der Waals surface area contributed by atoms with Crippen LogP contribution in [0.15, 0.2) is 46.9 Å². The molecule has 150 valence electrons. The van der Waals surface area contributed by atoms with Crippen LogP contribution in [0.5, 0.6) is 0 Å². The van der Waals surface area contributed by atoms with Crippen LogP contribution in [-0.2, 0) is 20.9 Å². The summed E-state index contributed by atoms with van der Waals surface area (Å²) in [5.74, 6) is -1.59. The Hall–Kier alpha value is -3.72. The van der Waals surface area contributed by atoms with Crippen LogP contribution in [0.2, 0.25) is 0 Å². The van der Waals surface area contributed by atoms with Gasteiger partial charge in [-0.3, -0.25) is 14.9 Å². The quantitative estimate of drug-likeness (QED) is 0.367. The van der Waals surface area contributed by atoms with Crippen LogP contribution in [0.3, 0.4) is 0 Å². The van der Waals surface area contributed by atoms with E-state index in [1.54, 1.807) is 37.3 Å². The molecule has 3 rings (SSSR count). The van der Waals surface area contributed by atoms with Gasteiger partial charge in [0.2, 0.25) is 5.76 Å². The zero-order valence-electron chi connectivity index (χ0n) is 15.8. The Morgan fingerprint density at radius 2 is 1.93 bits per heavy atom. The lowest BCUT2D eigenvalue weighted by atomic mass is 10.1. The van der Waals surface area contributed by atoms with E-state index in [1.807, 2.05) is 0 Å². The average molecular weight is 398 g/mol. The molecule has 0 unspecified atom stereocenters. The number of nitrogens with zero attached hydrogens (tertiary/aromatic N) is 1. The largest absolute Gasteiger partial charge is 0.450 e. The summed E-state index contributed by atoms with van der Waals surface area (Å²) in [6.07, 6.45) is 0. The van der Waals surface area contributed by atoms with Crippen molar-refractivity contribution in [2.24, 2.45) is 0 Å². The fraction of sp³-hybridized carbons (Fsp3) is 0.200. The van der Waals surface area contributed by atoms with Crippen molar-refractivity contribution >= 4 is 34.2 Å². The molecule has 3 aromatic rings. The number of fused-ring (bicyclic) bond motifs is 1. The third-order valence-corrected chi connectivity index (χ3v) is 4.22. The molecule has 0 saturated carbocycles. The number of hydrogen-bond acceptors (Lipinski definition) is 7. The molecule has 0 bridgehead atoms. The van der Waals surface area contributed by atoms with Crippen LogP contribution in [0.4, 0.5) is 11.4 Å². The monoisotopic (exact) mass is 398 g/mol. The first-order chi connectivity index (χ1) is 13.9. The van der Waals surface area contributed by atoms with E-state index in [2.05, 4.69) is 5.32 Å². The summed E-state index contributed by atoms with van der Waals surface area (Å²) in [5, 5.41) is 14.3. The molecule has 0 aliphatic carbocycles. The first kappa shape index (κ1) is 20.0. The number of carbonyl (C=O) groups is 2. The number of nitro benzene ring substituents is 1. The van der Waals surface area contributed by atoms with Gasteiger partial charge in [-0.2, -0.15) is 0 Å². The van der Waals surface area contributed by atoms with Crippen molar-refractivity contribution in [3.05, 3.63) is 69.5 Å². The molecule has 0 aliphatic heterocycles. The minimum Gasteiger partial charge on any atom is -0.450 e. The fourth-order valence-corrected chi connectivity index (χ4v) is 2.89. The standard InChI is InChI=1S/C20H18N2O7/c1-12-6-5-8-15(22(25)26)18(12)21-17(23)11-28-20(24)19-14(10-27-2)13-7-3-4-9-16(13)29-19/h3-9H,10-11H2,1-2H3,(H,21,23). The number of nitrogens with one attached hydrogen (secondary N) is 1. The van der Waals surface area contributed by atoms with Gasteiger partial charge >= 0.3 is 5.97 Å². The Labute approximate surface area is 165 Å². The van der Waals surface area contributed by atoms with Gasteiger partial charge in [-0.05, 0) is 18.6 Å². The first-order valence-corrected chi connectivity index (χ1v) is 8.62. The van der Waals surface area contributed by atoms with Gasteiger partial charge in [0, 0.05) is 24.1 Å². The predicted octanol–water partition coefficient (Wildman–Crippen LogP) is 3.59. The van der Waals surface area contributed by atoms with Crippen LogP contribution < -0.4 is 5.32 Å². The lowest BCUT2D eigenvalue weighted by Crippen LogP contribution is -2.22. The molecular formula is C20H18N2O7. The SMILES string of the molecule is COCc1c(C(=O)OCC(=O)Nc2c(C)cccc2[N+](=O)[O-])oc2ccccc12. The number of ether oxygens (including phenoxy) is 2. The molecular weight excluding hydrogens is 380 g/mol. The van der Waals surface area contributed by atoms with Crippen molar-refractivity contribution in [3.8, 4) is 0 Å². The van der Waals surface area contributed by atoms with Gasteiger partial charge in [0.15, 0.2) is 6.61 Å². The van der Waals surface area contributed by atoms with Gasteiger partial charge in [0.05, 0.1) is 11.5 Å². The predicted molar refractivity (Wildman–Crippen MR) is 104 cm³/mol. The summed E-state index contributed by atoms with van der Waals surface area (Å²) in [5.41, 5.74) is 1.33. The number of amides is 1. The van der Waals surface area contributed by atoms with Crippen molar-refractivity contribution in [2.45, 2.75) is 13.5 Å². The second kappa shape index (κ2) is 8.53. The molecule has 0 spiro atoms. The van der Waals surface area contributed by atoms with E-state index in [1.165, 1.54) is 19.2 Å². The van der Waals surface area contributed by atoms with Crippen molar-refractivity contribution in [1.29, 1.82) is 0 Å². The van der Waals surface area contributed by atoms with Crippen molar-refractivity contribution in [2.75, 3.05) is 19.0 Å². The summed E-state index contributed by atoms with van der Waals surface area (Å²) in [6, 6.07) is 11.5. The van der Waals surface area contributed by atoms with Crippen molar-refractivity contribution in [1.82, 2.24) is 0 Å². The topological polar surface area (TPSA) is 121 Å². The average Bonchev–Trinajstić information content (AvgIpc) is 3.06. The lowest BCUT2D eigenvalue weighted by molar-refractivity contribution is -0.384. The molecule has 0 fully saturated rings. The van der Waals surface area contributed by atoms with E-state index in [0.717, 1.165) is 0 Å². The van der Waals surface area contributed by atoms with E-state index in [-0.39, 0.29) is 23.7 Å². The van der Waals surface area contributed by atoms with Crippen LogP contribution in [0.25, 0.3) is 11.0 Å². The van der Waals surface area contributed by atoms with Crippen LogP contribution in [-0.4, -0.2) is 30.5 Å². The Morgan fingerprint density at radius 3 is 2.66 bits per heavy atom. The van der Waals surface area contributed by atoms with E-state index in [9.17, 15) is 19.7 Å². The van der Waals surface area contributed by atoms with E-state index < -0.39 is 23.4 Å². The number of rotatable bonds is 7. The molecule has 2 aromatic carbocycles. The van der Waals surface area contributed by atoms with Gasteiger partial charge in [0.1, 0.15) is 11.3 Å². The van der Waals surface area contributed by atoms with E-state index >= 15 is 0 Å². The van der Waals surface area contributed by atoms with Gasteiger partial charge in [-0.15, -0.1) is 0 Å². The molecule has 29 heavy (non-hydrogen) atoms. The first-order valence-electron chi connectivity index (χ1n) is 8.62. The third-order valence-electron chi connectivity index (χ3n) is 4.22. The Kier molecular flexibility index (Phi) is 5.89. The smallest absolute Gasteiger partial charge is 0.375 e. The van der Waals surface area contributed by atoms with Gasteiger partial charge in [0.25, 0.3) is 11.6 Å². The molecule has 1 heterocycles. The number of methoxy groups -OCH3 is 1. The molecule has 0 saturated heterocycles. The number of benzene rings is 2. The molecule has 1 aromatic heterocycles. The van der Waals surface area contributed by atoms with Crippen LogP contribution in [0.1, 0.15) is 21.7 Å². The Balaban J connectivity index is 1.73. The Bertz CT molecular complexity index is 1090. The maximum Gasteiger partial charge on any atom is 0.375 e. The number of esters is 1. The number of hydrogen-bond donors (Lipinski definition) is 1. The number of anilines is 1. The van der Waals surface area contributed by atoms with Gasteiger partial charge < -0.3 is 19.2 Å². The second-order valence-corrected chi connectivity index (χ2v) is 6.19.